The Hall–Kier alpha value is -4.05. The smallest absolute Gasteiger partial charge is 0.296 e. The Balaban J connectivity index is 1.82. The first-order valence-corrected chi connectivity index (χ1v) is 14.0. The van der Waals surface area contributed by atoms with E-state index in [1.807, 2.05) is 19.1 Å². The van der Waals surface area contributed by atoms with Gasteiger partial charge in [-0.25, -0.2) is 13.4 Å². The van der Waals surface area contributed by atoms with Gasteiger partial charge in [-0.05, 0) is 67.3 Å². The fourth-order valence-corrected chi connectivity index (χ4v) is 5.83. The Morgan fingerprint density at radius 3 is 2.36 bits per heavy atom. The number of methoxy groups -OCH3 is 1. The third kappa shape index (κ3) is 5.42. The molecular formula is C29H30FN3O5S. The Labute approximate surface area is 226 Å². The number of aryl methyl sites for hydroxylation is 1. The molecule has 0 amide bonds. The van der Waals surface area contributed by atoms with Crippen molar-refractivity contribution in [2.45, 2.75) is 55.9 Å². The summed E-state index contributed by atoms with van der Waals surface area (Å²) in [5, 5.41) is 11.3. The van der Waals surface area contributed by atoms with E-state index in [-0.39, 0.29) is 4.90 Å². The maximum atomic E-state index is 13.9. The fourth-order valence-electron chi connectivity index (χ4n) is 4.49. The predicted molar refractivity (Wildman–Crippen MR) is 145 cm³/mol. The molecule has 0 saturated carbocycles. The summed E-state index contributed by atoms with van der Waals surface area (Å²) in [5.74, 6) is -0.335. The number of halogens is 1. The van der Waals surface area contributed by atoms with Crippen molar-refractivity contribution in [1.29, 1.82) is 0 Å². The fraction of sp³-hybridized carbons (Fsp3) is 0.276. The topological polar surface area (TPSA) is 111 Å². The molecule has 0 bridgehead atoms. The van der Waals surface area contributed by atoms with Gasteiger partial charge in [-0.15, -0.1) is 0 Å². The zero-order valence-electron chi connectivity index (χ0n) is 22.2. The van der Waals surface area contributed by atoms with Crippen molar-refractivity contribution in [3.8, 4) is 22.8 Å². The molecule has 204 valence electrons. The van der Waals surface area contributed by atoms with Crippen molar-refractivity contribution in [1.82, 2.24) is 14.5 Å². The first-order chi connectivity index (χ1) is 18.6. The predicted octanol–water partition coefficient (Wildman–Crippen LogP) is 5.25. The number of benzene rings is 2. The number of aromatic nitrogens is 3. The number of hydrogen-bond acceptors (Lipinski definition) is 7. The molecule has 0 unspecified atom stereocenters. The second kappa shape index (κ2) is 11.4. The molecule has 2 aromatic heterocycles. The number of hydrogen-bond donors (Lipinski definition) is 1. The Bertz CT molecular complexity index is 1650. The van der Waals surface area contributed by atoms with Crippen LogP contribution in [0.5, 0.6) is 11.6 Å². The number of pyridine rings is 1. The first-order valence-electron chi connectivity index (χ1n) is 12.5. The third-order valence-electron chi connectivity index (χ3n) is 6.76. The summed E-state index contributed by atoms with van der Waals surface area (Å²) < 4.78 is 47.9. The Kier molecular flexibility index (Phi) is 8.15. The van der Waals surface area contributed by atoms with Crippen molar-refractivity contribution < 1.29 is 22.7 Å². The van der Waals surface area contributed by atoms with Gasteiger partial charge in [0.2, 0.25) is 21.7 Å². The van der Waals surface area contributed by atoms with E-state index in [0.29, 0.717) is 41.1 Å². The Morgan fingerprint density at radius 1 is 1.08 bits per heavy atom. The van der Waals surface area contributed by atoms with E-state index in [9.17, 15) is 22.7 Å². The zero-order valence-corrected chi connectivity index (χ0v) is 23.0. The average Bonchev–Trinajstić information content (AvgIpc) is 2.93. The van der Waals surface area contributed by atoms with Crippen LogP contribution in [0, 0.1) is 12.9 Å². The molecule has 1 N–H and O–H groups in total. The maximum absolute atomic E-state index is 13.9. The van der Waals surface area contributed by atoms with Crippen LogP contribution in [0.4, 0.5) is 4.39 Å². The van der Waals surface area contributed by atoms with E-state index in [2.05, 4.69) is 9.97 Å². The van der Waals surface area contributed by atoms with Gasteiger partial charge in [-0.2, -0.15) is 9.37 Å². The van der Waals surface area contributed by atoms with E-state index in [4.69, 9.17) is 4.74 Å². The van der Waals surface area contributed by atoms with E-state index in [1.54, 1.807) is 39.2 Å². The monoisotopic (exact) mass is 551 g/mol. The van der Waals surface area contributed by atoms with Gasteiger partial charge in [0.25, 0.3) is 5.56 Å². The highest BCUT2D eigenvalue weighted by Gasteiger charge is 2.31. The van der Waals surface area contributed by atoms with Crippen LogP contribution in [-0.4, -0.2) is 35.2 Å². The number of rotatable bonds is 9. The molecular weight excluding hydrogens is 521 g/mol. The van der Waals surface area contributed by atoms with Gasteiger partial charge in [0, 0.05) is 18.2 Å². The standard InChI is InChI=1S/C29H30FN3O5S/c1-5-6-7-25-32-28(34)26(29(35)33(25)19(3)20-8-12-22(38-4)13-9-20)39(36,37)23-14-10-21(11-15-23)24-16-17-31-27(30)18(24)2/h8-17,19,35H,5-7H2,1-4H3/t19-/m0/s1. The highest BCUT2D eigenvalue weighted by Crippen LogP contribution is 2.33. The molecule has 2 aromatic carbocycles. The van der Waals surface area contributed by atoms with Crippen molar-refractivity contribution in [2.24, 2.45) is 0 Å². The number of ether oxygens (including phenoxy) is 1. The van der Waals surface area contributed by atoms with Crippen LogP contribution in [0.1, 0.15) is 49.7 Å². The lowest BCUT2D eigenvalue weighted by Gasteiger charge is -2.23. The molecule has 2 heterocycles. The molecule has 0 fully saturated rings. The van der Waals surface area contributed by atoms with Crippen molar-refractivity contribution in [2.75, 3.05) is 7.11 Å². The SMILES string of the molecule is CCCCc1nc(=O)c(S(=O)(=O)c2ccc(-c3ccnc(F)c3C)cc2)c(O)n1[C@@H](C)c1ccc(OC)cc1. The minimum atomic E-state index is -4.46. The quantitative estimate of drug-likeness (QED) is 0.283. The highest BCUT2D eigenvalue weighted by molar-refractivity contribution is 7.91. The number of aromatic hydroxyl groups is 1. The summed E-state index contributed by atoms with van der Waals surface area (Å²) in [6, 6.07) is 13.9. The van der Waals surface area contributed by atoms with Gasteiger partial charge in [-0.3, -0.25) is 9.36 Å². The number of unbranched alkanes of at least 4 members (excludes halogenated alkanes) is 1. The van der Waals surface area contributed by atoms with Crippen molar-refractivity contribution in [3.63, 3.8) is 0 Å². The lowest BCUT2D eigenvalue weighted by molar-refractivity contribution is 0.368. The summed E-state index contributed by atoms with van der Waals surface area (Å²) in [6.45, 7) is 5.36. The van der Waals surface area contributed by atoms with Crippen LogP contribution in [-0.2, 0) is 16.3 Å². The minimum absolute atomic E-state index is 0.197. The van der Waals surface area contributed by atoms with Gasteiger partial charge in [0.15, 0.2) is 4.90 Å². The largest absolute Gasteiger partial charge is 0.497 e. The molecule has 0 aliphatic rings. The second-order valence-electron chi connectivity index (χ2n) is 9.21. The summed E-state index contributed by atoms with van der Waals surface area (Å²) in [7, 11) is -2.90. The third-order valence-corrected chi connectivity index (χ3v) is 8.55. The molecule has 0 aliphatic heterocycles. The summed E-state index contributed by atoms with van der Waals surface area (Å²) in [5.41, 5.74) is 1.21. The number of sulfone groups is 1. The summed E-state index contributed by atoms with van der Waals surface area (Å²) in [4.78, 5) is 19.8. The normalized spacial score (nSPS) is 12.3. The molecule has 1 atom stereocenters. The van der Waals surface area contributed by atoms with E-state index in [1.165, 1.54) is 35.0 Å². The highest BCUT2D eigenvalue weighted by atomic mass is 32.2. The zero-order chi connectivity index (χ0) is 28.3. The molecule has 0 saturated heterocycles. The minimum Gasteiger partial charge on any atom is -0.497 e. The molecule has 4 aromatic rings. The Morgan fingerprint density at radius 2 is 1.74 bits per heavy atom. The van der Waals surface area contributed by atoms with E-state index < -0.39 is 38.2 Å². The van der Waals surface area contributed by atoms with Crippen LogP contribution >= 0.6 is 0 Å². The molecule has 8 nitrogen and oxygen atoms in total. The first kappa shape index (κ1) is 28.0. The van der Waals surface area contributed by atoms with Gasteiger partial charge >= 0.3 is 0 Å². The molecule has 39 heavy (non-hydrogen) atoms. The van der Waals surface area contributed by atoms with Gasteiger partial charge in [0.05, 0.1) is 18.0 Å². The van der Waals surface area contributed by atoms with Gasteiger partial charge in [0.1, 0.15) is 11.6 Å². The number of nitrogens with zero attached hydrogens (tertiary/aromatic N) is 3. The molecule has 0 radical (unpaired) electrons. The van der Waals surface area contributed by atoms with Crippen molar-refractivity contribution in [3.05, 3.63) is 94.0 Å². The molecule has 0 spiro atoms. The average molecular weight is 552 g/mol. The molecule has 0 aliphatic carbocycles. The van der Waals surface area contributed by atoms with Crippen LogP contribution in [0.25, 0.3) is 11.1 Å². The second-order valence-corrected chi connectivity index (χ2v) is 11.1. The lowest BCUT2D eigenvalue weighted by atomic mass is 10.0. The van der Waals surface area contributed by atoms with Crippen LogP contribution in [0.3, 0.4) is 0 Å². The van der Waals surface area contributed by atoms with Gasteiger partial charge in [-0.1, -0.05) is 37.6 Å². The summed E-state index contributed by atoms with van der Waals surface area (Å²) in [6.07, 6.45) is 3.24. The van der Waals surface area contributed by atoms with Crippen LogP contribution in [0.2, 0.25) is 0 Å². The van der Waals surface area contributed by atoms with E-state index in [0.717, 1.165) is 12.0 Å². The van der Waals surface area contributed by atoms with Gasteiger partial charge < -0.3 is 9.84 Å². The molecule has 10 heteroatoms. The lowest BCUT2D eigenvalue weighted by Crippen LogP contribution is -2.27. The van der Waals surface area contributed by atoms with Crippen LogP contribution in [0.15, 0.2) is 75.4 Å². The summed E-state index contributed by atoms with van der Waals surface area (Å²) >= 11 is 0. The molecule has 4 rings (SSSR count). The van der Waals surface area contributed by atoms with Crippen molar-refractivity contribution >= 4 is 9.84 Å². The van der Waals surface area contributed by atoms with E-state index >= 15 is 0 Å². The maximum Gasteiger partial charge on any atom is 0.296 e. The van der Waals surface area contributed by atoms with Crippen LogP contribution < -0.4 is 10.3 Å².